The lowest BCUT2D eigenvalue weighted by molar-refractivity contribution is 0.294. The second-order valence-corrected chi connectivity index (χ2v) is 6.02. The van der Waals surface area contributed by atoms with Crippen molar-refractivity contribution in [3.8, 4) is 0 Å². The van der Waals surface area contributed by atoms with Gasteiger partial charge in [0.25, 0.3) is 0 Å². The number of hydrogen-bond donors (Lipinski definition) is 1. The minimum Gasteiger partial charge on any atom is -0.396 e. The number of hydrogen-bond acceptors (Lipinski definition) is 4. The largest absolute Gasteiger partial charge is 0.396 e. The van der Waals surface area contributed by atoms with E-state index in [9.17, 15) is 8.42 Å². The third kappa shape index (κ3) is 4.80. The van der Waals surface area contributed by atoms with Crippen LogP contribution in [0.5, 0.6) is 0 Å². The number of likely N-dealkylation sites (N-methyl/N-ethyl adjacent to an activating group) is 1. The molecule has 0 aromatic carbocycles. The Hall–Kier alpha value is -0.980. The van der Waals surface area contributed by atoms with Gasteiger partial charge in [-0.25, -0.2) is 12.7 Å². The van der Waals surface area contributed by atoms with Crippen molar-refractivity contribution in [3.63, 3.8) is 0 Å². The number of rotatable bonds is 7. The van der Waals surface area contributed by atoms with Gasteiger partial charge >= 0.3 is 0 Å². The summed E-state index contributed by atoms with van der Waals surface area (Å²) in [6.45, 7) is 0.342. The molecule has 0 saturated carbocycles. The predicted octanol–water partition coefficient (Wildman–Crippen LogP) is 0.268. The third-order valence-electron chi connectivity index (χ3n) is 2.50. The van der Waals surface area contributed by atoms with Gasteiger partial charge in [-0.15, -0.1) is 0 Å². The van der Waals surface area contributed by atoms with Crippen molar-refractivity contribution in [2.45, 2.75) is 12.8 Å². The summed E-state index contributed by atoms with van der Waals surface area (Å²) in [7, 11) is -1.67. The smallest absolute Gasteiger partial charge is 0.213 e. The summed E-state index contributed by atoms with van der Waals surface area (Å²) in [5, 5.41) is 8.63. The van der Waals surface area contributed by atoms with Crippen LogP contribution < -0.4 is 0 Å². The minimum absolute atomic E-state index is 0.00363. The monoisotopic (exact) mass is 258 g/mol. The van der Waals surface area contributed by atoms with Gasteiger partial charge in [0.15, 0.2) is 0 Å². The number of pyridine rings is 1. The molecular formula is C11H18N2O3S. The maximum Gasteiger partial charge on any atom is 0.213 e. The van der Waals surface area contributed by atoms with E-state index in [4.69, 9.17) is 5.11 Å². The average Bonchev–Trinajstić information content (AvgIpc) is 2.34. The Morgan fingerprint density at radius 1 is 1.35 bits per heavy atom. The molecule has 96 valence electrons. The first-order valence-electron chi connectivity index (χ1n) is 5.50. The summed E-state index contributed by atoms with van der Waals surface area (Å²) in [6.07, 6.45) is 4.32. The second kappa shape index (κ2) is 6.68. The number of aromatic nitrogens is 1. The van der Waals surface area contributed by atoms with Crippen LogP contribution in [-0.4, -0.2) is 48.8 Å². The van der Waals surface area contributed by atoms with Gasteiger partial charge in [0.1, 0.15) is 0 Å². The Kier molecular flexibility index (Phi) is 5.54. The van der Waals surface area contributed by atoms with Crippen LogP contribution in [0.4, 0.5) is 0 Å². The van der Waals surface area contributed by atoms with Crippen LogP contribution in [0.25, 0.3) is 0 Å². The van der Waals surface area contributed by atoms with Gasteiger partial charge in [-0.2, -0.15) is 0 Å². The maximum absolute atomic E-state index is 11.7. The fraction of sp³-hybridized carbons (Fsp3) is 0.545. The normalized spacial score (nSPS) is 11.9. The molecule has 0 spiro atoms. The number of aliphatic hydroxyl groups is 1. The molecule has 0 aliphatic carbocycles. The van der Waals surface area contributed by atoms with Crippen LogP contribution in [0.15, 0.2) is 24.5 Å². The summed E-state index contributed by atoms with van der Waals surface area (Å²) in [4.78, 5) is 3.90. The molecule has 1 N–H and O–H groups in total. The summed E-state index contributed by atoms with van der Waals surface area (Å²) >= 11 is 0. The molecule has 0 aliphatic rings. The van der Waals surface area contributed by atoms with Gasteiger partial charge in [-0.05, 0) is 30.5 Å². The average molecular weight is 258 g/mol. The van der Waals surface area contributed by atoms with Crippen molar-refractivity contribution in [1.82, 2.24) is 9.29 Å². The van der Waals surface area contributed by atoms with E-state index in [-0.39, 0.29) is 18.8 Å². The molecular weight excluding hydrogens is 240 g/mol. The third-order valence-corrected chi connectivity index (χ3v) is 4.44. The molecule has 0 radical (unpaired) electrons. The highest BCUT2D eigenvalue weighted by Crippen LogP contribution is 2.04. The topological polar surface area (TPSA) is 70.5 Å². The highest BCUT2D eigenvalue weighted by Gasteiger charge is 2.16. The second-order valence-electron chi connectivity index (χ2n) is 3.82. The molecule has 0 saturated heterocycles. The molecule has 1 aromatic heterocycles. The zero-order valence-electron chi connectivity index (χ0n) is 9.91. The Morgan fingerprint density at radius 3 is 2.59 bits per heavy atom. The van der Waals surface area contributed by atoms with Gasteiger partial charge < -0.3 is 5.11 Å². The molecule has 0 fully saturated rings. The number of nitrogens with zero attached hydrogens (tertiary/aromatic N) is 2. The first-order valence-corrected chi connectivity index (χ1v) is 7.11. The zero-order chi connectivity index (χ0) is 12.7. The van der Waals surface area contributed by atoms with Crippen LogP contribution in [0.3, 0.4) is 0 Å². The first-order chi connectivity index (χ1) is 8.06. The zero-order valence-corrected chi connectivity index (χ0v) is 10.7. The Bertz CT molecular complexity index is 420. The number of sulfonamides is 1. The molecule has 1 aromatic rings. The molecule has 0 unspecified atom stereocenters. The Labute approximate surface area is 102 Å². The van der Waals surface area contributed by atoms with Crippen LogP contribution in [0, 0.1) is 0 Å². The van der Waals surface area contributed by atoms with E-state index in [1.165, 1.54) is 4.31 Å². The molecule has 0 amide bonds. The van der Waals surface area contributed by atoms with Gasteiger partial charge in [0.05, 0.1) is 5.75 Å². The van der Waals surface area contributed by atoms with E-state index in [2.05, 4.69) is 4.98 Å². The fourth-order valence-corrected chi connectivity index (χ4v) is 2.55. The standard InChI is InChI=1S/C11H18N2O3S/c1-13(17(15,16)10-2-9-14)8-5-11-3-6-12-7-4-11/h3-4,6-7,14H,2,5,8-10H2,1H3. The molecule has 0 atom stereocenters. The molecule has 0 aliphatic heterocycles. The minimum atomic E-state index is -3.23. The highest BCUT2D eigenvalue weighted by molar-refractivity contribution is 7.89. The van der Waals surface area contributed by atoms with Crippen molar-refractivity contribution in [2.75, 3.05) is 26.0 Å². The Morgan fingerprint density at radius 2 is 2.00 bits per heavy atom. The summed E-state index contributed by atoms with van der Waals surface area (Å²) in [5.74, 6) is -0.00363. The van der Waals surface area contributed by atoms with E-state index in [0.717, 1.165) is 5.56 Å². The van der Waals surface area contributed by atoms with Gasteiger partial charge in [-0.1, -0.05) is 0 Å². The first kappa shape index (κ1) is 14.1. The van der Waals surface area contributed by atoms with E-state index in [1.54, 1.807) is 19.4 Å². The summed E-state index contributed by atoms with van der Waals surface area (Å²) in [5.41, 5.74) is 1.06. The van der Waals surface area contributed by atoms with E-state index < -0.39 is 10.0 Å². The van der Waals surface area contributed by atoms with Crippen LogP contribution in [0.2, 0.25) is 0 Å². The van der Waals surface area contributed by atoms with E-state index >= 15 is 0 Å². The van der Waals surface area contributed by atoms with Crippen molar-refractivity contribution in [1.29, 1.82) is 0 Å². The van der Waals surface area contributed by atoms with Crippen LogP contribution in [0.1, 0.15) is 12.0 Å². The fourth-order valence-electron chi connectivity index (χ4n) is 1.38. The van der Waals surface area contributed by atoms with E-state index in [1.807, 2.05) is 12.1 Å². The van der Waals surface area contributed by atoms with Crippen molar-refractivity contribution < 1.29 is 13.5 Å². The van der Waals surface area contributed by atoms with Crippen molar-refractivity contribution >= 4 is 10.0 Å². The maximum atomic E-state index is 11.7. The lowest BCUT2D eigenvalue weighted by atomic mass is 10.2. The molecule has 1 heterocycles. The lowest BCUT2D eigenvalue weighted by Crippen LogP contribution is -2.31. The van der Waals surface area contributed by atoms with Crippen molar-refractivity contribution in [2.24, 2.45) is 0 Å². The summed E-state index contributed by atoms with van der Waals surface area (Å²) in [6, 6.07) is 3.74. The molecule has 17 heavy (non-hydrogen) atoms. The van der Waals surface area contributed by atoms with Gasteiger partial charge in [0, 0.05) is 32.6 Å². The quantitative estimate of drug-likeness (QED) is 0.762. The van der Waals surface area contributed by atoms with Gasteiger partial charge in [-0.3, -0.25) is 4.98 Å². The molecule has 0 bridgehead atoms. The summed E-state index contributed by atoms with van der Waals surface area (Å²) < 4.78 is 24.8. The molecule has 6 heteroatoms. The van der Waals surface area contributed by atoms with Crippen molar-refractivity contribution in [3.05, 3.63) is 30.1 Å². The van der Waals surface area contributed by atoms with Gasteiger partial charge in [0.2, 0.25) is 10.0 Å². The number of aliphatic hydroxyl groups excluding tert-OH is 1. The molecule has 5 nitrogen and oxygen atoms in total. The van der Waals surface area contributed by atoms with Crippen LogP contribution >= 0.6 is 0 Å². The van der Waals surface area contributed by atoms with Crippen LogP contribution in [-0.2, 0) is 16.4 Å². The SMILES string of the molecule is CN(CCc1ccncc1)S(=O)(=O)CCCO. The highest BCUT2D eigenvalue weighted by atomic mass is 32.2. The molecule has 1 rings (SSSR count). The van der Waals surface area contributed by atoms with E-state index in [0.29, 0.717) is 13.0 Å². The predicted molar refractivity (Wildman–Crippen MR) is 66.1 cm³/mol. The lowest BCUT2D eigenvalue weighted by Gasteiger charge is -2.16. The Balaban J connectivity index is 2.47.